The molecule has 0 saturated carbocycles. The lowest BCUT2D eigenvalue weighted by atomic mass is 10.1. The minimum atomic E-state index is -0.336. The summed E-state index contributed by atoms with van der Waals surface area (Å²) in [4.78, 5) is 30.2. The van der Waals surface area contributed by atoms with Crippen molar-refractivity contribution in [3.05, 3.63) is 101 Å². The maximum absolute atomic E-state index is 13.0. The highest BCUT2D eigenvalue weighted by molar-refractivity contribution is 7.15. The van der Waals surface area contributed by atoms with Gasteiger partial charge in [-0.3, -0.25) is 14.0 Å². The van der Waals surface area contributed by atoms with E-state index in [9.17, 15) is 9.59 Å². The molecule has 0 unspecified atom stereocenters. The third kappa shape index (κ3) is 3.69. The summed E-state index contributed by atoms with van der Waals surface area (Å²) >= 11 is 7.44. The summed E-state index contributed by atoms with van der Waals surface area (Å²) in [5.41, 5.74) is 2.19. The van der Waals surface area contributed by atoms with Gasteiger partial charge >= 0.3 is 0 Å². The van der Waals surface area contributed by atoms with Gasteiger partial charge in [-0.2, -0.15) is 4.98 Å². The molecule has 0 radical (unpaired) electrons. The van der Waals surface area contributed by atoms with Gasteiger partial charge in [-0.05, 0) is 42.3 Å². The Morgan fingerprint density at radius 1 is 1.17 bits per heavy atom. The number of hydrogen-bond acceptors (Lipinski definition) is 5. The summed E-state index contributed by atoms with van der Waals surface area (Å²) in [6.45, 7) is 1.77. The van der Waals surface area contributed by atoms with Crippen molar-refractivity contribution in [3.8, 4) is 5.75 Å². The second-order valence-corrected chi connectivity index (χ2v) is 7.98. The molecule has 5 nitrogen and oxygen atoms in total. The molecular weight excluding hydrogens is 408 g/mol. The fraction of sp³-hybridized carbons (Fsp3) is 0.136. The number of halogens is 1. The van der Waals surface area contributed by atoms with Gasteiger partial charge < -0.3 is 4.74 Å². The van der Waals surface area contributed by atoms with E-state index in [1.54, 1.807) is 26.2 Å². The highest BCUT2D eigenvalue weighted by Gasteiger charge is 2.15. The first-order valence-corrected chi connectivity index (χ1v) is 10.1. The van der Waals surface area contributed by atoms with Crippen LogP contribution in [0.4, 0.5) is 0 Å². The predicted octanol–water partition coefficient (Wildman–Crippen LogP) is 3.23. The molecule has 2 aromatic heterocycles. The number of nitrogens with zero attached hydrogens (tertiary/aromatic N) is 2. The predicted molar refractivity (Wildman–Crippen MR) is 116 cm³/mol. The second-order valence-electron chi connectivity index (χ2n) is 6.56. The molecule has 0 fully saturated rings. The zero-order chi connectivity index (χ0) is 20.5. The molecule has 0 spiro atoms. The van der Waals surface area contributed by atoms with Gasteiger partial charge in [0, 0.05) is 22.7 Å². The van der Waals surface area contributed by atoms with Gasteiger partial charge in [0.05, 0.1) is 11.6 Å². The summed E-state index contributed by atoms with van der Waals surface area (Å²) < 4.78 is 7.24. The van der Waals surface area contributed by atoms with Crippen LogP contribution in [0.3, 0.4) is 0 Å². The van der Waals surface area contributed by atoms with Gasteiger partial charge in [-0.15, -0.1) is 0 Å². The second kappa shape index (κ2) is 7.81. The van der Waals surface area contributed by atoms with E-state index in [-0.39, 0.29) is 11.1 Å². The number of ether oxygens (including phenoxy) is 1. The Bertz CT molecular complexity index is 1390. The summed E-state index contributed by atoms with van der Waals surface area (Å²) in [5, 5.41) is 0.580. The topological polar surface area (TPSA) is 60.7 Å². The third-order valence-corrected chi connectivity index (χ3v) is 6.09. The van der Waals surface area contributed by atoms with Crippen LogP contribution in [-0.4, -0.2) is 16.5 Å². The Kier molecular flexibility index (Phi) is 5.22. The Labute approximate surface area is 175 Å². The molecule has 0 atom stereocenters. The lowest BCUT2D eigenvalue weighted by Gasteiger charge is -2.07. The Morgan fingerprint density at radius 3 is 2.72 bits per heavy atom. The first-order valence-electron chi connectivity index (χ1n) is 8.92. The average Bonchev–Trinajstić information content (AvgIpc) is 3.01. The maximum atomic E-state index is 13.0. The van der Waals surface area contributed by atoms with E-state index >= 15 is 0 Å². The Balaban J connectivity index is 1.88. The molecule has 0 saturated heterocycles. The summed E-state index contributed by atoms with van der Waals surface area (Å²) in [6.07, 6.45) is 2.10. The fourth-order valence-corrected chi connectivity index (χ4v) is 4.42. The van der Waals surface area contributed by atoms with Crippen molar-refractivity contribution < 1.29 is 4.74 Å². The highest BCUT2D eigenvalue weighted by atomic mass is 35.5. The first-order chi connectivity index (χ1) is 14.0. The van der Waals surface area contributed by atoms with Crippen LogP contribution in [0, 0.1) is 6.92 Å². The molecule has 0 aliphatic rings. The SMILES string of the molecule is COc1cccc(C=c2sc3nc(=O)c(Cc4ccccc4Cl)c(C)n3c2=O)c1. The van der Waals surface area contributed by atoms with Crippen LogP contribution >= 0.6 is 22.9 Å². The largest absolute Gasteiger partial charge is 0.497 e. The highest BCUT2D eigenvalue weighted by Crippen LogP contribution is 2.19. The first kappa shape index (κ1) is 19.4. The lowest BCUT2D eigenvalue weighted by Crippen LogP contribution is -2.27. The molecule has 2 heterocycles. The van der Waals surface area contributed by atoms with E-state index in [0.717, 1.165) is 11.1 Å². The van der Waals surface area contributed by atoms with Gasteiger partial charge in [0.15, 0.2) is 0 Å². The summed E-state index contributed by atoms with van der Waals surface area (Å²) in [6, 6.07) is 14.8. The van der Waals surface area contributed by atoms with Crippen molar-refractivity contribution in [3.63, 3.8) is 0 Å². The number of aromatic nitrogens is 2. The van der Waals surface area contributed by atoms with Crippen molar-refractivity contribution in [2.45, 2.75) is 13.3 Å². The van der Waals surface area contributed by atoms with Crippen LogP contribution in [0.25, 0.3) is 11.0 Å². The standard InChI is InChI=1S/C22H17ClN2O3S/c1-13-17(12-15-7-3-4-9-18(15)23)20(26)24-22-25(13)21(27)19(29-22)11-14-6-5-8-16(10-14)28-2/h3-11H,12H2,1-2H3. The van der Waals surface area contributed by atoms with Crippen molar-refractivity contribution in [2.24, 2.45) is 0 Å². The van der Waals surface area contributed by atoms with Crippen LogP contribution in [0.2, 0.25) is 5.02 Å². The molecule has 4 aromatic rings. The van der Waals surface area contributed by atoms with Crippen LogP contribution in [-0.2, 0) is 6.42 Å². The average molecular weight is 425 g/mol. The molecule has 4 rings (SSSR count). The van der Waals surface area contributed by atoms with Gasteiger partial charge in [-0.1, -0.05) is 53.3 Å². The van der Waals surface area contributed by atoms with Crippen molar-refractivity contribution in [1.82, 2.24) is 9.38 Å². The van der Waals surface area contributed by atoms with Crippen molar-refractivity contribution >= 4 is 34.0 Å². The zero-order valence-electron chi connectivity index (χ0n) is 15.8. The Morgan fingerprint density at radius 2 is 1.97 bits per heavy atom. The number of thiazole rings is 1. The van der Waals surface area contributed by atoms with Gasteiger partial charge in [-0.25, -0.2) is 0 Å². The molecule has 2 aromatic carbocycles. The number of methoxy groups -OCH3 is 1. The number of fused-ring (bicyclic) bond motifs is 1. The molecule has 0 aliphatic heterocycles. The minimum absolute atomic E-state index is 0.196. The maximum Gasteiger partial charge on any atom is 0.277 e. The van der Waals surface area contributed by atoms with E-state index < -0.39 is 0 Å². The number of benzene rings is 2. The number of hydrogen-bond donors (Lipinski definition) is 0. The fourth-order valence-electron chi connectivity index (χ4n) is 3.21. The van der Waals surface area contributed by atoms with Crippen LogP contribution in [0.1, 0.15) is 22.4 Å². The van der Waals surface area contributed by atoms with E-state index in [1.165, 1.54) is 15.7 Å². The number of aryl methyl sites for hydroxylation is 1. The van der Waals surface area contributed by atoms with E-state index in [2.05, 4.69) is 4.98 Å². The van der Waals surface area contributed by atoms with Gasteiger partial charge in [0.2, 0.25) is 4.96 Å². The third-order valence-electron chi connectivity index (χ3n) is 4.75. The van der Waals surface area contributed by atoms with E-state index in [0.29, 0.717) is 37.9 Å². The molecule has 0 bridgehead atoms. The zero-order valence-corrected chi connectivity index (χ0v) is 17.4. The molecule has 0 amide bonds. The Hall–Kier alpha value is -2.96. The molecule has 7 heteroatoms. The molecule has 0 aliphatic carbocycles. The monoisotopic (exact) mass is 424 g/mol. The van der Waals surface area contributed by atoms with Gasteiger partial charge in [0.1, 0.15) is 5.75 Å². The summed E-state index contributed by atoms with van der Waals surface area (Å²) in [7, 11) is 1.59. The van der Waals surface area contributed by atoms with Crippen LogP contribution in [0.15, 0.2) is 58.1 Å². The van der Waals surface area contributed by atoms with Crippen LogP contribution in [0.5, 0.6) is 5.75 Å². The number of rotatable bonds is 4. The van der Waals surface area contributed by atoms with Crippen molar-refractivity contribution in [2.75, 3.05) is 7.11 Å². The summed E-state index contributed by atoms with van der Waals surface area (Å²) in [5.74, 6) is 0.707. The quantitative estimate of drug-likeness (QED) is 0.504. The van der Waals surface area contributed by atoms with E-state index in [1.807, 2.05) is 42.5 Å². The van der Waals surface area contributed by atoms with Gasteiger partial charge in [0.25, 0.3) is 11.1 Å². The van der Waals surface area contributed by atoms with Crippen LogP contribution < -0.4 is 20.4 Å². The normalized spacial score (nSPS) is 11.9. The molecule has 146 valence electrons. The minimum Gasteiger partial charge on any atom is -0.497 e. The smallest absolute Gasteiger partial charge is 0.277 e. The molecular formula is C22H17ClN2O3S. The molecule has 29 heavy (non-hydrogen) atoms. The lowest BCUT2D eigenvalue weighted by molar-refractivity contribution is 0.414. The van der Waals surface area contributed by atoms with Crippen molar-refractivity contribution in [1.29, 1.82) is 0 Å². The molecule has 0 N–H and O–H groups in total. The van der Waals surface area contributed by atoms with E-state index in [4.69, 9.17) is 16.3 Å².